The molecule has 0 saturated heterocycles. The van der Waals surface area contributed by atoms with Crippen LogP contribution in [0.15, 0.2) is 12.1 Å². The molecule has 7 nitrogen and oxygen atoms in total. The number of carbonyl (C=O) groups excluding carboxylic acids is 1. The van der Waals surface area contributed by atoms with Gasteiger partial charge in [-0.2, -0.15) is 0 Å². The third-order valence-electron chi connectivity index (χ3n) is 2.35. The minimum atomic E-state index is -0.550. The molecule has 0 aliphatic heterocycles. The van der Waals surface area contributed by atoms with Crippen LogP contribution in [0.5, 0.6) is 0 Å². The van der Waals surface area contributed by atoms with Gasteiger partial charge in [0, 0.05) is 19.7 Å². The van der Waals surface area contributed by atoms with Crippen LogP contribution in [0.2, 0.25) is 0 Å². The summed E-state index contributed by atoms with van der Waals surface area (Å²) in [5.74, 6) is -0.549. The average molecular weight is 276 g/mol. The van der Waals surface area contributed by atoms with E-state index in [4.69, 9.17) is 16.3 Å². The fourth-order valence-corrected chi connectivity index (χ4v) is 1.65. The molecule has 100 valence electrons. The number of nitrogens with zero attached hydrogens (tertiary/aromatic N) is 2. The maximum absolute atomic E-state index is 11.8. The quantitative estimate of drug-likeness (QED) is 0.475. The van der Waals surface area contributed by atoms with Crippen LogP contribution in [0, 0.1) is 10.1 Å². The topological polar surface area (TPSA) is 86.4 Å². The molecule has 0 saturated carbocycles. The summed E-state index contributed by atoms with van der Waals surface area (Å²) in [5, 5.41) is 12.9. The Morgan fingerprint density at radius 3 is 2.83 bits per heavy atom. The molecule has 0 aliphatic rings. The average Bonchev–Trinajstić information content (AvgIpc) is 2.68. The zero-order valence-electron chi connectivity index (χ0n) is 10.1. The summed E-state index contributed by atoms with van der Waals surface area (Å²) in [6, 6.07) is 2.68. The summed E-state index contributed by atoms with van der Waals surface area (Å²) in [6.45, 7) is 0.544. The van der Waals surface area contributed by atoms with Crippen molar-refractivity contribution in [1.82, 2.24) is 9.88 Å². The predicted molar refractivity (Wildman–Crippen MR) is 65.9 cm³/mol. The van der Waals surface area contributed by atoms with Gasteiger partial charge in [-0.1, -0.05) is 0 Å². The van der Waals surface area contributed by atoms with Crippen LogP contribution < -0.4 is 5.32 Å². The van der Waals surface area contributed by atoms with Gasteiger partial charge in [-0.05, 0) is 11.0 Å². The van der Waals surface area contributed by atoms with Gasteiger partial charge in [0.2, 0.25) is 0 Å². The first-order valence-corrected chi connectivity index (χ1v) is 5.62. The molecular formula is C10H14ClN3O4. The SMILES string of the molecule is COCC(Cl)CNC(=O)c1ccc([N+](=O)[O-])n1C. The first kappa shape index (κ1) is 14.5. The smallest absolute Gasteiger partial charge is 0.323 e. The molecule has 1 aromatic rings. The second-order valence-electron chi connectivity index (χ2n) is 3.66. The molecule has 0 bridgehead atoms. The van der Waals surface area contributed by atoms with Crippen molar-refractivity contribution in [3.63, 3.8) is 0 Å². The lowest BCUT2D eigenvalue weighted by molar-refractivity contribution is -0.391. The lowest BCUT2D eigenvalue weighted by Crippen LogP contribution is -2.32. The summed E-state index contributed by atoms with van der Waals surface area (Å²) in [4.78, 5) is 21.8. The number of hydrogen-bond acceptors (Lipinski definition) is 4. The highest BCUT2D eigenvalue weighted by Crippen LogP contribution is 2.14. The molecule has 0 aliphatic carbocycles. The van der Waals surface area contributed by atoms with Crippen LogP contribution in [0.4, 0.5) is 5.82 Å². The number of methoxy groups -OCH3 is 1. The lowest BCUT2D eigenvalue weighted by atomic mass is 10.3. The van der Waals surface area contributed by atoms with Gasteiger partial charge >= 0.3 is 5.82 Å². The van der Waals surface area contributed by atoms with E-state index in [2.05, 4.69) is 5.32 Å². The van der Waals surface area contributed by atoms with Gasteiger partial charge in [0.25, 0.3) is 5.91 Å². The Labute approximate surface area is 109 Å². The molecule has 1 aromatic heterocycles. The predicted octanol–water partition coefficient (Wildman–Crippen LogP) is 0.917. The van der Waals surface area contributed by atoms with Gasteiger partial charge in [-0.25, -0.2) is 4.57 Å². The van der Waals surface area contributed by atoms with E-state index < -0.39 is 10.8 Å². The molecule has 1 rings (SSSR count). The van der Waals surface area contributed by atoms with Crippen LogP contribution in [-0.2, 0) is 11.8 Å². The third kappa shape index (κ3) is 3.44. The Hall–Kier alpha value is -1.60. The van der Waals surface area contributed by atoms with E-state index in [1.165, 1.54) is 30.9 Å². The van der Waals surface area contributed by atoms with Crippen molar-refractivity contribution in [3.05, 3.63) is 27.9 Å². The van der Waals surface area contributed by atoms with Crippen molar-refractivity contribution in [2.75, 3.05) is 20.3 Å². The molecule has 0 fully saturated rings. The number of hydrogen-bond donors (Lipinski definition) is 1. The van der Waals surface area contributed by atoms with Crippen molar-refractivity contribution in [2.45, 2.75) is 5.38 Å². The van der Waals surface area contributed by atoms with E-state index in [1.807, 2.05) is 0 Å². The maximum Gasteiger partial charge on any atom is 0.323 e. The molecule has 8 heteroatoms. The summed E-state index contributed by atoms with van der Waals surface area (Å²) < 4.78 is 6.04. The van der Waals surface area contributed by atoms with E-state index in [1.54, 1.807) is 0 Å². The molecule has 0 spiro atoms. The van der Waals surface area contributed by atoms with Crippen LogP contribution in [-0.4, -0.2) is 41.0 Å². The fourth-order valence-electron chi connectivity index (χ4n) is 1.45. The van der Waals surface area contributed by atoms with E-state index in [0.717, 1.165) is 0 Å². The normalized spacial score (nSPS) is 12.2. The number of rotatable bonds is 6. The Bertz CT molecular complexity index is 446. The van der Waals surface area contributed by atoms with Gasteiger partial charge in [0.05, 0.1) is 19.0 Å². The maximum atomic E-state index is 11.8. The number of amides is 1. The van der Waals surface area contributed by atoms with Gasteiger partial charge in [0.15, 0.2) is 5.69 Å². The van der Waals surface area contributed by atoms with E-state index >= 15 is 0 Å². The Morgan fingerprint density at radius 2 is 2.33 bits per heavy atom. The number of nitrogens with one attached hydrogen (secondary N) is 1. The number of ether oxygens (including phenoxy) is 1. The number of carbonyl (C=O) groups is 1. The minimum absolute atomic E-state index is 0.139. The third-order valence-corrected chi connectivity index (χ3v) is 2.63. The molecule has 1 N–H and O–H groups in total. The van der Waals surface area contributed by atoms with E-state index in [9.17, 15) is 14.9 Å². The number of aromatic nitrogens is 1. The Kier molecular flexibility index (Phi) is 5.11. The second-order valence-corrected chi connectivity index (χ2v) is 4.27. The molecule has 1 unspecified atom stereocenters. The van der Waals surface area contributed by atoms with Gasteiger partial charge in [-0.3, -0.25) is 4.79 Å². The zero-order chi connectivity index (χ0) is 13.7. The summed E-state index contributed by atoms with van der Waals surface area (Å²) in [6.07, 6.45) is 0. The highest BCUT2D eigenvalue weighted by Gasteiger charge is 2.20. The van der Waals surface area contributed by atoms with E-state index in [0.29, 0.717) is 6.61 Å². The van der Waals surface area contributed by atoms with Crippen LogP contribution in [0.3, 0.4) is 0 Å². The standard InChI is InChI=1S/C10H14ClN3O4/c1-13-8(3-4-9(13)14(16)17)10(15)12-5-7(11)6-18-2/h3-4,7H,5-6H2,1-2H3,(H,12,15). The molecular weight excluding hydrogens is 262 g/mol. The fraction of sp³-hybridized carbons (Fsp3) is 0.500. The van der Waals surface area contributed by atoms with Crippen LogP contribution in [0.25, 0.3) is 0 Å². The monoisotopic (exact) mass is 275 g/mol. The van der Waals surface area contributed by atoms with E-state index in [-0.39, 0.29) is 23.4 Å². The van der Waals surface area contributed by atoms with Crippen LogP contribution in [0.1, 0.15) is 10.5 Å². The van der Waals surface area contributed by atoms with Crippen molar-refractivity contribution in [1.29, 1.82) is 0 Å². The highest BCUT2D eigenvalue weighted by atomic mass is 35.5. The number of halogens is 1. The molecule has 0 radical (unpaired) electrons. The Morgan fingerprint density at radius 1 is 1.67 bits per heavy atom. The van der Waals surface area contributed by atoms with Gasteiger partial charge in [0.1, 0.15) is 0 Å². The first-order valence-electron chi connectivity index (χ1n) is 5.18. The first-order chi connectivity index (χ1) is 8.47. The van der Waals surface area contributed by atoms with Gasteiger partial charge < -0.3 is 20.2 Å². The second kappa shape index (κ2) is 6.36. The van der Waals surface area contributed by atoms with Crippen molar-refractivity contribution < 1.29 is 14.5 Å². The number of alkyl halides is 1. The van der Waals surface area contributed by atoms with Crippen molar-refractivity contribution in [3.8, 4) is 0 Å². The molecule has 1 atom stereocenters. The summed E-state index contributed by atoms with van der Waals surface area (Å²) >= 11 is 5.85. The molecule has 1 amide bonds. The molecule has 18 heavy (non-hydrogen) atoms. The van der Waals surface area contributed by atoms with Crippen molar-refractivity contribution in [2.24, 2.45) is 7.05 Å². The lowest BCUT2D eigenvalue weighted by Gasteiger charge is -2.09. The molecule has 0 aromatic carbocycles. The largest absolute Gasteiger partial charge is 0.383 e. The summed E-state index contributed by atoms with van der Waals surface area (Å²) in [7, 11) is 2.97. The Balaban J connectivity index is 2.65. The van der Waals surface area contributed by atoms with Crippen molar-refractivity contribution >= 4 is 23.3 Å². The minimum Gasteiger partial charge on any atom is -0.383 e. The number of nitro groups is 1. The summed E-state index contributed by atoms with van der Waals surface area (Å²) in [5.41, 5.74) is 0.211. The van der Waals surface area contributed by atoms with Crippen LogP contribution >= 0.6 is 11.6 Å². The van der Waals surface area contributed by atoms with Gasteiger partial charge in [-0.15, -0.1) is 11.6 Å². The highest BCUT2D eigenvalue weighted by molar-refractivity contribution is 6.21. The molecule has 1 heterocycles. The zero-order valence-corrected chi connectivity index (χ0v) is 10.8.